The largest absolute Gasteiger partial charge is 0.324 e. The summed E-state index contributed by atoms with van der Waals surface area (Å²) in [7, 11) is 1.61. The van der Waals surface area contributed by atoms with Gasteiger partial charge in [0, 0.05) is 12.1 Å². The van der Waals surface area contributed by atoms with E-state index in [0.717, 1.165) is 5.56 Å². The van der Waals surface area contributed by atoms with E-state index >= 15 is 0 Å². The lowest BCUT2D eigenvalue weighted by Crippen LogP contribution is -2.42. The fraction of sp³-hybridized carbons (Fsp3) is 0.333. The minimum atomic E-state index is -0.517. The third-order valence-corrected chi connectivity index (χ3v) is 3.12. The van der Waals surface area contributed by atoms with Gasteiger partial charge >= 0.3 is 6.03 Å². The fourth-order valence-electron chi connectivity index (χ4n) is 1.38. The summed E-state index contributed by atoms with van der Waals surface area (Å²) in [4.78, 5) is 24.2. The topological polar surface area (TPSA) is 49.4 Å². The van der Waals surface area contributed by atoms with Gasteiger partial charge in [-0.05, 0) is 24.6 Å². The van der Waals surface area contributed by atoms with Crippen LogP contribution in [0.4, 0.5) is 4.79 Å². The summed E-state index contributed by atoms with van der Waals surface area (Å²) < 4.78 is 0. The standard InChI is InChI=1S/C12H14Cl2N2O2/c1-8(9-3-5-10(14)6-4-9)16(2)12(18)15-11(17)7-13/h3-6,8H,7H2,1-2H3,(H,15,17,18). The third-order valence-electron chi connectivity index (χ3n) is 2.62. The number of benzene rings is 1. The van der Waals surface area contributed by atoms with Gasteiger partial charge in [0.2, 0.25) is 5.91 Å². The molecular weight excluding hydrogens is 275 g/mol. The molecule has 0 radical (unpaired) electrons. The van der Waals surface area contributed by atoms with Gasteiger partial charge in [0.1, 0.15) is 5.88 Å². The molecule has 1 aromatic rings. The molecule has 0 aliphatic heterocycles. The average Bonchev–Trinajstić information content (AvgIpc) is 2.37. The van der Waals surface area contributed by atoms with Gasteiger partial charge in [0.25, 0.3) is 0 Å². The summed E-state index contributed by atoms with van der Waals surface area (Å²) in [5, 5.41) is 2.82. The quantitative estimate of drug-likeness (QED) is 0.870. The van der Waals surface area contributed by atoms with Crippen LogP contribution in [0.25, 0.3) is 0 Å². The van der Waals surface area contributed by atoms with Crippen LogP contribution < -0.4 is 5.32 Å². The molecule has 0 aliphatic rings. The Morgan fingerprint density at radius 1 is 1.33 bits per heavy atom. The second kappa shape index (κ2) is 6.61. The van der Waals surface area contributed by atoms with E-state index in [2.05, 4.69) is 5.32 Å². The summed E-state index contributed by atoms with van der Waals surface area (Å²) in [5.41, 5.74) is 0.926. The summed E-state index contributed by atoms with van der Waals surface area (Å²) in [5.74, 6) is -0.758. The van der Waals surface area contributed by atoms with Crippen LogP contribution in [-0.4, -0.2) is 29.8 Å². The molecule has 1 rings (SSSR count). The van der Waals surface area contributed by atoms with E-state index in [4.69, 9.17) is 23.2 Å². The summed E-state index contributed by atoms with van der Waals surface area (Å²) >= 11 is 11.1. The number of carbonyl (C=O) groups is 2. The first kappa shape index (κ1) is 14.8. The molecule has 0 bridgehead atoms. The van der Waals surface area contributed by atoms with Crippen LogP contribution in [0, 0.1) is 0 Å². The maximum absolute atomic E-state index is 11.7. The zero-order chi connectivity index (χ0) is 13.7. The molecule has 0 saturated carbocycles. The van der Waals surface area contributed by atoms with Crippen molar-refractivity contribution >= 4 is 35.1 Å². The number of halogens is 2. The Morgan fingerprint density at radius 2 is 1.89 bits per heavy atom. The SMILES string of the molecule is CC(c1ccc(Cl)cc1)N(C)C(=O)NC(=O)CCl. The van der Waals surface area contributed by atoms with Crippen LogP contribution in [0.5, 0.6) is 0 Å². The Balaban J connectivity index is 2.71. The van der Waals surface area contributed by atoms with E-state index in [1.165, 1.54) is 4.90 Å². The third kappa shape index (κ3) is 3.89. The number of urea groups is 1. The maximum Gasteiger partial charge on any atom is 0.324 e. The molecule has 0 fully saturated rings. The Labute approximate surface area is 116 Å². The molecule has 18 heavy (non-hydrogen) atoms. The smallest absolute Gasteiger partial charge is 0.321 e. The first-order valence-electron chi connectivity index (χ1n) is 5.33. The van der Waals surface area contributed by atoms with E-state index < -0.39 is 11.9 Å². The Bertz CT molecular complexity index is 434. The highest BCUT2D eigenvalue weighted by molar-refractivity contribution is 6.30. The van der Waals surface area contributed by atoms with Gasteiger partial charge in [0.15, 0.2) is 0 Å². The van der Waals surface area contributed by atoms with Crippen molar-refractivity contribution in [2.45, 2.75) is 13.0 Å². The van der Waals surface area contributed by atoms with E-state index in [1.807, 2.05) is 19.1 Å². The van der Waals surface area contributed by atoms with Crippen LogP contribution in [0.2, 0.25) is 5.02 Å². The average molecular weight is 289 g/mol. The number of hydrogen-bond acceptors (Lipinski definition) is 2. The van der Waals surface area contributed by atoms with Crippen LogP contribution in [0.15, 0.2) is 24.3 Å². The normalized spacial score (nSPS) is 11.8. The van der Waals surface area contributed by atoms with Gasteiger partial charge < -0.3 is 4.90 Å². The molecule has 0 spiro atoms. The monoisotopic (exact) mass is 288 g/mol. The van der Waals surface area contributed by atoms with E-state index in [-0.39, 0.29) is 11.9 Å². The lowest BCUT2D eigenvalue weighted by Gasteiger charge is -2.25. The molecular formula is C12H14Cl2N2O2. The summed E-state index contributed by atoms with van der Waals surface area (Å²) in [6, 6.07) is 6.51. The van der Waals surface area contributed by atoms with Gasteiger partial charge in [-0.15, -0.1) is 11.6 Å². The molecule has 0 saturated heterocycles. The van der Waals surface area contributed by atoms with Crippen LogP contribution in [0.3, 0.4) is 0 Å². The maximum atomic E-state index is 11.7. The van der Waals surface area contributed by atoms with Crippen molar-refractivity contribution in [2.24, 2.45) is 0 Å². The molecule has 1 unspecified atom stereocenters. The van der Waals surface area contributed by atoms with E-state index in [1.54, 1.807) is 19.2 Å². The van der Waals surface area contributed by atoms with Crippen molar-refractivity contribution in [3.63, 3.8) is 0 Å². The second-order valence-electron chi connectivity index (χ2n) is 3.83. The molecule has 4 nitrogen and oxygen atoms in total. The van der Waals surface area contributed by atoms with Crippen LogP contribution >= 0.6 is 23.2 Å². The molecule has 1 atom stereocenters. The number of carbonyl (C=O) groups excluding carboxylic acids is 2. The molecule has 1 aromatic carbocycles. The van der Waals surface area contributed by atoms with Gasteiger partial charge in [-0.25, -0.2) is 4.79 Å². The first-order chi connectivity index (χ1) is 8.45. The Morgan fingerprint density at radius 3 is 2.39 bits per heavy atom. The van der Waals surface area contributed by atoms with Gasteiger partial charge in [-0.2, -0.15) is 0 Å². The zero-order valence-electron chi connectivity index (χ0n) is 10.1. The van der Waals surface area contributed by atoms with Gasteiger partial charge in [0.05, 0.1) is 6.04 Å². The highest BCUT2D eigenvalue weighted by Crippen LogP contribution is 2.20. The second-order valence-corrected chi connectivity index (χ2v) is 4.53. The zero-order valence-corrected chi connectivity index (χ0v) is 11.6. The predicted octanol–water partition coefficient (Wildman–Crippen LogP) is 2.81. The summed E-state index contributed by atoms with van der Waals surface area (Å²) in [6.45, 7) is 1.86. The predicted molar refractivity (Wildman–Crippen MR) is 71.9 cm³/mol. The van der Waals surface area contributed by atoms with Crippen molar-refractivity contribution in [1.29, 1.82) is 0 Å². The van der Waals surface area contributed by atoms with Crippen molar-refractivity contribution in [2.75, 3.05) is 12.9 Å². The number of amides is 3. The van der Waals surface area contributed by atoms with E-state index in [9.17, 15) is 9.59 Å². The van der Waals surface area contributed by atoms with Crippen molar-refractivity contribution in [3.05, 3.63) is 34.9 Å². The lowest BCUT2D eigenvalue weighted by atomic mass is 10.1. The molecule has 6 heteroatoms. The molecule has 0 heterocycles. The minimum Gasteiger partial charge on any atom is -0.321 e. The number of alkyl halides is 1. The van der Waals surface area contributed by atoms with Crippen molar-refractivity contribution in [3.8, 4) is 0 Å². The Hall–Kier alpha value is -1.26. The molecule has 0 aromatic heterocycles. The lowest BCUT2D eigenvalue weighted by molar-refractivity contribution is -0.117. The number of nitrogens with one attached hydrogen (secondary N) is 1. The molecule has 98 valence electrons. The van der Waals surface area contributed by atoms with E-state index in [0.29, 0.717) is 5.02 Å². The summed E-state index contributed by atoms with van der Waals surface area (Å²) in [6.07, 6.45) is 0. The minimum absolute atomic E-state index is 0.176. The highest BCUT2D eigenvalue weighted by Gasteiger charge is 2.18. The molecule has 3 amide bonds. The first-order valence-corrected chi connectivity index (χ1v) is 6.25. The molecule has 0 aliphatic carbocycles. The number of rotatable bonds is 3. The number of nitrogens with zero attached hydrogens (tertiary/aromatic N) is 1. The fourth-order valence-corrected chi connectivity index (χ4v) is 1.57. The molecule has 1 N–H and O–H groups in total. The van der Waals surface area contributed by atoms with Crippen LogP contribution in [-0.2, 0) is 4.79 Å². The van der Waals surface area contributed by atoms with Crippen molar-refractivity contribution in [1.82, 2.24) is 10.2 Å². The number of hydrogen-bond donors (Lipinski definition) is 1. The highest BCUT2D eigenvalue weighted by atomic mass is 35.5. The number of imide groups is 1. The van der Waals surface area contributed by atoms with Gasteiger partial charge in [-0.3, -0.25) is 10.1 Å². The van der Waals surface area contributed by atoms with Gasteiger partial charge in [-0.1, -0.05) is 23.7 Å². The van der Waals surface area contributed by atoms with Crippen LogP contribution in [0.1, 0.15) is 18.5 Å². The van der Waals surface area contributed by atoms with Crippen molar-refractivity contribution < 1.29 is 9.59 Å². The Kier molecular flexibility index (Phi) is 5.44.